The number of tetrazole rings is 1. The van der Waals surface area contributed by atoms with Gasteiger partial charge in [0.25, 0.3) is 0 Å². The Kier molecular flexibility index (Phi) is 6.18. The van der Waals surface area contributed by atoms with Crippen LogP contribution in [-0.2, 0) is 14.8 Å². The molecule has 0 spiro atoms. The van der Waals surface area contributed by atoms with Crippen molar-refractivity contribution in [2.24, 2.45) is 0 Å². The lowest BCUT2D eigenvalue weighted by Crippen LogP contribution is -2.37. The summed E-state index contributed by atoms with van der Waals surface area (Å²) in [4.78, 5) is 12.6. The van der Waals surface area contributed by atoms with E-state index in [2.05, 4.69) is 20.8 Å². The maximum Gasteiger partial charge on any atom is 0.245 e. The molecule has 0 fully saturated rings. The first-order valence-corrected chi connectivity index (χ1v) is 11.6. The van der Waals surface area contributed by atoms with Crippen LogP contribution in [0.1, 0.15) is 5.56 Å². The van der Waals surface area contributed by atoms with E-state index in [0.717, 1.165) is 16.1 Å². The molecule has 1 aromatic heterocycles. The highest BCUT2D eigenvalue weighted by Gasteiger charge is 2.22. The van der Waals surface area contributed by atoms with Crippen LogP contribution < -0.4 is 9.62 Å². The number of sulfonamides is 1. The Hall–Kier alpha value is -2.92. The van der Waals surface area contributed by atoms with E-state index >= 15 is 0 Å². The van der Waals surface area contributed by atoms with E-state index in [4.69, 9.17) is 0 Å². The van der Waals surface area contributed by atoms with Gasteiger partial charge in [0, 0.05) is 5.69 Å². The summed E-state index contributed by atoms with van der Waals surface area (Å²) in [5.74, 6) is -0.461. The zero-order chi connectivity index (χ0) is 21.0. The van der Waals surface area contributed by atoms with Crippen molar-refractivity contribution in [2.45, 2.75) is 12.1 Å². The minimum atomic E-state index is -3.64. The van der Waals surface area contributed by atoms with Crippen molar-refractivity contribution < 1.29 is 13.2 Å². The molecule has 0 radical (unpaired) electrons. The highest BCUT2D eigenvalue weighted by atomic mass is 32.2. The SMILES string of the molecule is CSc1nnnn1-c1cccc(NC(=O)CN(c2ccccc2C)S(C)(=O)=O)c1. The third kappa shape index (κ3) is 4.93. The number of carbonyl (C=O) groups is 1. The smallest absolute Gasteiger partial charge is 0.245 e. The Balaban J connectivity index is 1.81. The Morgan fingerprint density at radius 2 is 1.97 bits per heavy atom. The van der Waals surface area contributed by atoms with Gasteiger partial charge in [0.15, 0.2) is 0 Å². The van der Waals surface area contributed by atoms with Gasteiger partial charge >= 0.3 is 0 Å². The van der Waals surface area contributed by atoms with Crippen molar-refractivity contribution in [3.05, 3.63) is 54.1 Å². The summed E-state index contributed by atoms with van der Waals surface area (Å²) in [6.45, 7) is 1.46. The number of thioether (sulfide) groups is 1. The zero-order valence-electron chi connectivity index (χ0n) is 16.1. The summed E-state index contributed by atoms with van der Waals surface area (Å²) in [6.07, 6.45) is 2.94. The number of anilines is 2. The van der Waals surface area contributed by atoms with Crippen LogP contribution in [0, 0.1) is 6.92 Å². The summed E-state index contributed by atoms with van der Waals surface area (Å²) in [6, 6.07) is 14.0. The first-order valence-electron chi connectivity index (χ1n) is 8.55. The number of benzene rings is 2. The highest BCUT2D eigenvalue weighted by molar-refractivity contribution is 7.98. The van der Waals surface area contributed by atoms with Crippen LogP contribution in [0.4, 0.5) is 11.4 Å². The second-order valence-electron chi connectivity index (χ2n) is 6.23. The lowest BCUT2D eigenvalue weighted by Gasteiger charge is -2.23. The summed E-state index contributed by atoms with van der Waals surface area (Å²) >= 11 is 1.39. The van der Waals surface area contributed by atoms with Crippen LogP contribution in [0.2, 0.25) is 0 Å². The lowest BCUT2D eigenvalue weighted by atomic mass is 10.2. The van der Waals surface area contributed by atoms with Gasteiger partial charge < -0.3 is 5.32 Å². The fraction of sp³-hybridized carbons (Fsp3) is 0.222. The average molecular weight is 433 g/mol. The maximum absolute atomic E-state index is 12.6. The Bertz CT molecular complexity index is 1130. The molecule has 3 aromatic rings. The van der Waals surface area contributed by atoms with E-state index in [1.54, 1.807) is 48.0 Å². The molecule has 0 aliphatic carbocycles. The number of para-hydroxylation sites is 1. The molecule has 0 unspecified atom stereocenters. The minimum Gasteiger partial charge on any atom is -0.324 e. The van der Waals surface area contributed by atoms with Gasteiger partial charge in [0.05, 0.1) is 17.6 Å². The van der Waals surface area contributed by atoms with Gasteiger partial charge in [0.1, 0.15) is 6.54 Å². The van der Waals surface area contributed by atoms with Crippen LogP contribution in [-0.4, -0.2) is 53.6 Å². The molecule has 2 aromatic carbocycles. The fourth-order valence-electron chi connectivity index (χ4n) is 2.74. The molecule has 0 atom stereocenters. The van der Waals surface area contributed by atoms with Crippen LogP contribution in [0.3, 0.4) is 0 Å². The number of amides is 1. The van der Waals surface area contributed by atoms with Crippen LogP contribution >= 0.6 is 11.8 Å². The molecule has 0 bridgehead atoms. The third-order valence-corrected chi connectivity index (χ3v) is 5.82. The first-order chi connectivity index (χ1) is 13.8. The summed E-state index contributed by atoms with van der Waals surface area (Å²) < 4.78 is 27.2. The van der Waals surface area contributed by atoms with Gasteiger partial charge in [-0.15, -0.1) is 5.10 Å². The van der Waals surface area contributed by atoms with Crippen LogP contribution in [0.15, 0.2) is 53.7 Å². The van der Waals surface area contributed by atoms with Gasteiger partial charge in [-0.25, -0.2) is 8.42 Å². The van der Waals surface area contributed by atoms with Crippen molar-refractivity contribution >= 4 is 39.1 Å². The Labute approximate surface area is 173 Å². The average Bonchev–Trinajstić information content (AvgIpc) is 3.15. The van der Waals surface area contributed by atoms with E-state index in [9.17, 15) is 13.2 Å². The molecule has 0 saturated heterocycles. The van der Waals surface area contributed by atoms with Crippen molar-refractivity contribution in [3.63, 3.8) is 0 Å². The van der Waals surface area contributed by atoms with Gasteiger partial charge in [-0.2, -0.15) is 4.68 Å². The molecule has 152 valence electrons. The molecule has 1 amide bonds. The number of nitrogens with zero attached hydrogens (tertiary/aromatic N) is 5. The molecule has 1 heterocycles. The fourth-order valence-corrected chi connectivity index (χ4v) is 4.09. The summed E-state index contributed by atoms with van der Waals surface area (Å²) in [5.41, 5.74) is 2.41. The normalized spacial score (nSPS) is 11.3. The quantitative estimate of drug-likeness (QED) is 0.569. The minimum absolute atomic E-state index is 0.338. The molecule has 0 aliphatic heterocycles. The van der Waals surface area contributed by atoms with E-state index in [1.807, 2.05) is 18.4 Å². The number of aromatic nitrogens is 4. The monoisotopic (exact) mass is 432 g/mol. The number of hydrogen-bond acceptors (Lipinski definition) is 7. The Morgan fingerprint density at radius 3 is 2.66 bits per heavy atom. The summed E-state index contributed by atoms with van der Waals surface area (Å²) in [7, 11) is -3.64. The van der Waals surface area contributed by atoms with Crippen molar-refractivity contribution in [2.75, 3.05) is 28.7 Å². The van der Waals surface area contributed by atoms with Crippen molar-refractivity contribution in [1.82, 2.24) is 20.2 Å². The van der Waals surface area contributed by atoms with E-state index in [-0.39, 0.29) is 6.54 Å². The summed E-state index contributed by atoms with van der Waals surface area (Å²) in [5, 5.41) is 14.9. The van der Waals surface area contributed by atoms with Gasteiger partial charge in [0.2, 0.25) is 21.1 Å². The standard InChI is InChI=1S/C18H20N6O3S2/c1-13-7-4-5-10-16(13)23(29(3,26)27)12-17(25)19-14-8-6-9-15(11-14)24-18(28-2)20-21-22-24/h4-11H,12H2,1-3H3,(H,19,25). The largest absolute Gasteiger partial charge is 0.324 e. The van der Waals surface area contributed by atoms with Crippen LogP contribution in [0.5, 0.6) is 0 Å². The number of hydrogen-bond donors (Lipinski definition) is 1. The van der Waals surface area contributed by atoms with Gasteiger partial charge in [-0.05, 0) is 53.4 Å². The molecule has 0 aliphatic rings. The van der Waals surface area contributed by atoms with E-state index in [1.165, 1.54) is 11.8 Å². The Morgan fingerprint density at radius 1 is 1.21 bits per heavy atom. The second kappa shape index (κ2) is 8.62. The molecule has 3 rings (SSSR count). The number of carbonyl (C=O) groups excluding carboxylic acids is 1. The molecule has 29 heavy (non-hydrogen) atoms. The molecular weight excluding hydrogens is 412 g/mol. The molecule has 1 N–H and O–H groups in total. The number of nitrogens with one attached hydrogen (secondary N) is 1. The lowest BCUT2D eigenvalue weighted by molar-refractivity contribution is -0.114. The predicted octanol–water partition coefficient (Wildman–Crippen LogP) is 2.10. The topological polar surface area (TPSA) is 110 Å². The van der Waals surface area contributed by atoms with Gasteiger partial charge in [-0.3, -0.25) is 9.10 Å². The number of rotatable bonds is 7. The molecular formula is C18H20N6O3S2. The molecule has 9 nitrogen and oxygen atoms in total. The number of aryl methyl sites for hydroxylation is 1. The van der Waals surface area contributed by atoms with Gasteiger partial charge in [-0.1, -0.05) is 36.0 Å². The van der Waals surface area contributed by atoms with Crippen molar-refractivity contribution in [3.8, 4) is 5.69 Å². The van der Waals surface area contributed by atoms with E-state index in [0.29, 0.717) is 22.2 Å². The van der Waals surface area contributed by atoms with Crippen LogP contribution in [0.25, 0.3) is 5.69 Å². The molecule has 0 saturated carbocycles. The third-order valence-electron chi connectivity index (χ3n) is 4.07. The maximum atomic E-state index is 12.6. The predicted molar refractivity (Wildman–Crippen MR) is 113 cm³/mol. The first kappa shape index (κ1) is 20.8. The highest BCUT2D eigenvalue weighted by Crippen LogP contribution is 2.22. The molecule has 11 heteroatoms. The zero-order valence-corrected chi connectivity index (χ0v) is 17.7. The van der Waals surface area contributed by atoms with Crippen molar-refractivity contribution in [1.29, 1.82) is 0 Å². The second-order valence-corrected chi connectivity index (χ2v) is 8.91. The van der Waals surface area contributed by atoms with E-state index < -0.39 is 15.9 Å².